The minimum Gasteiger partial charge on any atom is -0.353 e. The van der Waals surface area contributed by atoms with Gasteiger partial charge in [0.05, 0.1) is 0 Å². The van der Waals surface area contributed by atoms with Crippen LogP contribution >= 0.6 is 0 Å². The lowest BCUT2D eigenvalue weighted by molar-refractivity contribution is 0.708. The minimum atomic E-state index is 0.612. The lowest BCUT2D eigenvalue weighted by atomic mass is 10.1. The number of rotatable bonds is 3. The van der Waals surface area contributed by atoms with Crippen molar-refractivity contribution in [2.75, 3.05) is 18.4 Å². The van der Waals surface area contributed by atoms with Crippen molar-refractivity contribution in [2.24, 2.45) is 5.73 Å². The number of nitrogens with one attached hydrogen (secondary N) is 1. The summed E-state index contributed by atoms with van der Waals surface area (Å²) < 4.78 is 0. The lowest BCUT2D eigenvalue weighted by Crippen LogP contribution is -2.15. The number of anilines is 1. The van der Waals surface area contributed by atoms with Crippen molar-refractivity contribution in [2.45, 2.75) is 32.1 Å². The highest BCUT2D eigenvalue weighted by atomic mass is 15.1. The van der Waals surface area contributed by atoms with Gasteiger partial charge in [-0.3, -0.25) is 0 Å². The second-order valence-electron chi connectivity index (χ2n) is 3.94. The zero-order valence-corrected chi connectivity index (χ0v) is 9.00. The van der Waals surface area contributed by atoms with Gasteiger partial charge < -0.3 is 11.1 Å². The maximum Gasteiger partial charge on any atom is 0.222 e. The molecule has 15 heavy (non-hydrogen) atoms. The van der Waals surface area contributed by atoms with Gasteiger partial charge in [-0.1, -0.05) is 6.42 Å². The third-order valence-electron chi connectivity index (χ3n) is 2.74. The normalized spacial score (nSPS) is 15.5. The van der Waals surface area contributed by atoms with Crippen LogP contribution in [0.25, 0.3) is 0 Å². The monoisotopic (exact) mass is 206 g/mol. The summed E-state index contributed by atoms with van der Waals surface area (Å²) in [6.45, 7) is 1.35. The number of nitrogens with two attached hydrogens (primary N) is 1. The summed E-state index contributed by atoms with van der Waals surface area (Å²) in [6, 6.07) is 0. The SMILES string of the molecule is NCCNc1ncc2c(n1)CCCCC2. The average molecular weight is 206 g/mol. The molecule has 1 aliphatic rings. The zero-order valence-electron chi connectivity index (χ0n) is 9.00. The van der Waals surface area contributed by atoms with Gasteiger partial charge >= 0.3 is 0 Å². The molecule has 0 radical (unpaired) electrons. The van der Waals surface area contributed by atoms with E-state index in [9.17, 15) is 0 Å². The molecule has 1 aromatic heterocycles. The van der Waals surface area contributed by atoms with Gasteiger partial charge in [-0.15, -0.1) is 0 Å². The average Bonchev–Trinajstić information content (AvgIpc) is 2.50. The quantitative estimate of drug-likeness (QED) is 0.727. The maximum atomic E-state index is 5.42. The summed E-state index contributed by atoms with van der Waals surface area (Å²) in [4.78, 5) is 8.83. The van der Waals surface area contributed by atoms with Crippen molar-refractivity contribution in [3.63, 3.8) is 0 Å². The van der Waals surface area contributed by atoms with Crippen molar-refractivity contribution >= 4 is 5.95 Å². The Bertz CT molecular complexity index is 324. The lowest BCUT2D eigenvalue weighted by Gasteiger charge is -2.07. The Morgan fingerprint density at radius 2 is 2.13 bits per heavy atom. The van der Waals surface area contributed by atoms with Crippen LogP contribution in [0, 0.1) is 0 Å². The van der Waals surface area contributed by atoms with E-state index in [0.717, 1.165) is 25.3 Å². The minimum absolute atomic E-state index is 0.612. The van der Waals surface area contributed by atoms with Crippen LogP contribution in [-0.4, -0.2) is 23.1 Å². The fourth-order valence-corrected chi connectivity index (χ4v) is 1.92. The first-order valence-corrected chi connectivity index (χ1v) is 5.69. The van der Waals surface area contributed by atoms with Crippen LogP contribution in [-0.2, 0) is 12.8 Å². The fraction of sp³-hybridized carbons (Fsp3) is 0.636. The standard InChI is InChI=1S/C11H18N4/c12-6-7-13-11-14-8-9-4-2-1-3-5-10(9)15-11/h8H,1-7,12H2,(H,13,14,15). The highest BCUT2D eigenvalue weighted by Gasteiger charge is 2.10. The van der Waals surface area contributed by atoms with E-state index < -0.39 is 0 Å². The highest BCUT2D eigenvalue weighted by Crippen LogP contribution is 2.18. The van der Waals surface area contributed by atoms with Crippen molar-refractivity contribution in [3.05, 3.63) is 17.5 Å². The van der Waals surface area contributed by atoms with E-state index in [0.29, 0.717) is 6.54 Å². The molecule has 0 spiro atoms. The van der Waals surface area contributed by atoms with Crippen LogP contribution in [0.5, 0.6) is 0 Å². The molecule has 4 heteroatoms. The molecule has 4 nitrogen and oxygen atoms in total. The Hall–Kier alpha value is -1.16. The van der Waals surface area contributed by atoms with Crippen LogP contribution in [0.4, 0.5) is 5.95 Å². The van der Waals surface area contributed by atoms with Crippen molar-refractivity contribution in [3.8, 4) is 0 Å². The summed E-state index contributed by atoms with van der Waals surface area (Å²) in [6.07, 6.45) is 8.02. The molecular weight excluding hydrogens is 188 g/mol. The summed E-state index contributed by atoms with van der Waals surface area (Å²) in [5.41, 5.74) is 7.97. The Labute approximate surface area is 90.3 Å². The molecule has 1 heterocycles. The molecule has 1 aliphatic carbocycles. The second kappa shape index (κ2) is 5.07. The van der Waals surface area contributed by atoms with Crippen molar-refractivity contribution < 1.29 is 0 Å². The number of aryl methyl sites for hydroxylation is 2. The van der Waals surface area contributed by atoms with Gasteiger partial charge in [-0.25, -0.2) is 9.97 Å². The van der Waals surface area contributed by atoms with Crippen LogP contribution < -0.4 is 11.1 Å². The smallest absolute Gasteiger partial charge is 0.222 e. The zero-order chi connectivity index (χ0) is 10.5. The van der Waals surface area contributed by atoms with Gasteiger partial charge in [0.1, 0.15) is 0 Å². The van der Waals surface area contributed by atoms with E-state index in [1.165, 1.54) is 30.5 Å². The topological polar surface area (TPSA) is 63.8 Å². The van der Waals surface area contributed by atoms with Crippen molar-refractivity contribution in [1.29, 1.82) is 0 Å². The summed E-state index contributed by atoms with van der Waals surface area (Å²) in [5.74, 6) is 0.723. The van der Waals surface area contributed by atoms with Crippen molar-refractivity contribution in [1.82, 2.24) is 9.97 Å². The molecule has 0 fully saturated rings. The molecule has 82 valence electrons. The molecule has 1 aromatic rings. The first kappa shape index (κ1) is 10.4. The number of fused-ring (bicyclic) bond motifs is 1. The van der Waals surface area contributed by atoms with E-state index in [1.54, 1.807) is 0 Å². The Morgan fingerprint density at radius 3 is 3.00 bits per heavy atom. The molecule has 0 aliphatic heterocycles. The van der Waals surface area contributed by atoms with Crippen LogP contribution in [0.1, 0.15) is 30.5 Å². The van der Waals surface area contributed by atoms with Gasteiger partial charge in [-0.05, 0) is 31.2 Å². The molecule has 0 atom stereocenters. The van der Waals surface area contributed by atoms with Gasteiger partial charge in [-0.2, -0.15) is 0 Å². The van der Waals surface area contributed by atoms with E-state index in [-0.39, 0.29) is 0 Å². The van der Waals surface area contributed by atoms with Gasteiger partial charge in [0.15, 0.2) is 0 Å². The molecule has 0 amide bonds. The molecule has 2 rings (SSSR count). The first-order chi connectivity index (χ1) is 7.40. The molecule has 3 N–H and O–H groups in total. The summed E-state index contributed by atoms with van der Waals surface area (Å²) in [5, 5.41) is 3.12. The number of aromatic nitrogens is 2. The van der Waals surface area contributed by atoms with Gasteiger partial charge in [0, 0.05) is 25.0 Å². The predicted molar refractivity (Wildman–Crippen MR) is 60.8 cm³/mol. The van der Waals surface area contributed by atoms with Crippen LogP contribution in [0.2, 0.25) is 0 Å². The predicted octanol–water partition coefficient (Wildman–Crippen LogP) is 1.12. The number of hydrogen-bond donors (Lipinski definition) is 2. The molecule has 0 saturated heterocycles. The molecular formula is C11H18N4. The van der Waals surface area contributed by atoms with Gasteiger partial charge in [0.2, 0.25) is 5.95 Å². The third-order valence-corrected chi connectivity index (χ3v) is 2.74. The summed E-state index contributed by atoms with van der Waals surface area (Å²) >= 11 is 0. The Kier molecular flexibility index (Phi) is 3.50. The first-order valence-electron chi connectivity index (χ1n) is 5.69. The van der Waals surface area contributed by atoms with E-state index in [4.69, 9.17) is 5.73 Å². The number of nitrogens with zero attached hydrogens (tertiary/aromatic N) is 2. The summed E-state index contributed by atoms with van der Waals surface area (Å²) in [7, 11) is 0. The second-order valence-corrected chi connectivity index (χ2v) is 3.94. The van der Waals surface area contributed by atoms with E-state index in [2.05, 4.69) is 15.3 Å². The van der Waals surface area contributed by atoms with Crippen LogP contribution in [0.3, 0.4) is 0 Å². The van der Waals surface area contributed by atoms with Crippen LogP contribution in [0.15, 0.2) is 6.20 Å². The molecule has 0 saturated carbocycles. The number of hydrogen-bond acceptors (Lipinski definition) is 4. The molecule has 0 unspecified atom stereocenters. The van der Waals surface area contributed by atoms with Gasteiger partial charge in [0.25, 0.3) is 0 Å². The molecule has 0 bridgehead atoms. The Balaban J connectivity index is 2.13. The Morgan fingerprint density at radius 1 is 1.27 bits per heavy atom. The largest absolute Gasteiger partial charge is 0.353 e. The van der Waals surface area contributed by atoms with E-state index >= 15 is 0 Å². The fourth-order valence-electron chi connectivity index (χ4n) is 1.92. The van der Waals surface area contributed by atoms with E-state index in [1.807, 2.05) is 6.20 Å². The highest BCUT2D eigenvalue weighted by molar-refractivity contribution is 5.30. The third kappa shape index (κ3) is 2.65. The maximum absolute atomic E-state index is 5.42. The molecule has 0 aromatic carbocycles.